The minimum atomic E-state index is -0.545. The second kappa shape index (κ2) is 7.91. The minimum Gasteiger partial charge on any atom is -0.341 e. The highest BCUT2D eigenvalue weighted by Gasteiger charge is 2.20. The Balaban J connectivity index is 2.12. The first kappa shape index (κ1) is 17.9. The number of imide groups is 1. The molecule has 8 nitrogen and oxygen atoms in total. The Morgan fingerprint density at radius 2 is 1.83 bits per heavy atom. The summed E-state index contributed by atoms with van der Waals surface area (Å²) in [6.45, 7) is 5.93. The van der Waals surface area contributed by atoms with Crippen molar-refractivity contribution in [1.29, 1.82) is 0 Å². The molecular formula is C15H20N6O2S. The van der Waals surface area contributed by atoms with Gasteiger partial charge >= 0.3 is 6.03 Å². The van der Waals surface area contributed by atoms with Crippen LogP contribution in [-0.2, 0) is 4.79 Å². The SMILES string of the molecule is CNC(=O)NC(=O)C(C)Sc1nnnn1-c1ccc(C(C)C)cc1. The predicted octanol–water partition coefficient (Wildman–Crippen LogP) is 1.72. The standard InChI is InChI=1S/C15H20N6O2S/c1-9(2)11-5-7-12(8-6-11)21-15(18-19-20-21)24-10(3)13(22)17-14(23)16-4/h5-10H,1-4H3,(H2,16,17,22,23). The molecule has 1 aromatic carbocycles. The molecule has 0 aliphatic carbocycles. The molecule has 1 unspecified atom stereocenters. The van der Waals surface area contributed by atoms with E-state index in [1.165, 1.54) is 24.4 Å². The first-order chi connectivity index (χ1) is 11.4. The first-order valence-corrected chi connectivity index (χ1v) is 8.38. The molecule has 0 fully saturated rings. The van der Waals surface area contributed by atoms with Crippen molar-refractivity contribution in [1.82, 2.24) is 30.8 Å². The molecule has 3 amide bonds. The normalized spacial score (nSPS) is 12.0. The lowest BCUT2D eigenvalue weighted by Crippen LogP contribution is -2.41. The average molecular weight is 348 g/mol. The van der Waals surface area contributed by atoms with E-state index in [2.05, 4.69) is 40.0 Å². The summed E-state index contributed by atoms with van der Waals surface area (Å²) in [6, 6.07) is 7.38. The van der Waals surface area contributed by atoms with Crippen LogP contribution >= 0.6 is 11.8 Å². The van der Waals surface area contributed by atoms with Crippen molar-refractivity contribution in [3.63, 3.8) is 0 Å². The Bertz CT molecular complexity index is 713. The molecule has 1 atom stereocenters. The highest BCUT2D eigenvalue weighted by Crippen LogP contribution is 2.24. The number of nitrogens with zero attached hydrogens (tertiary/aromatic N) is 4. The molecule has 0 spiro atoms. The first-order valence-electron chi connectivity index (χ1n) is 7.50. The molecular weight excluding hydrogens is 328 g/mol. The van der Waals surface area contributed by atoms with Gasteiger partial charge in [-0.25, -0.2) is 4.79 Å². The predicted molar refractivity (Wildman–Crippen MR) is 91.2 cm³/mol. The fraction of sp³-hybridized carbons (Fsp3) is 0.400. The van der Waals surface area contributed by atoms with E-state index in [1.54, 1.807) is 11.6 Å². The van der Waals surface area contributed by atoms with Crippen LogP contribution in [-0.4, -0.2) is 44.4 Å². The van der Waals surface area contributed by atoms with Gasteiger partial charge in [0.2, 0.25) is 11.1 Å². The molecule has 0 aliphatic heterocycles. The quantitative estimate of drug-likeness (QED) is 0.798. The lowest BCUT2D eigenvalue weighted by molar-refractivity contribution is -0.119. The Morgan fingerprint density at radius 3 is 2.42 bits per heavy atom. The fourth-order valence-corrected chi connectivity index (χ4v) is 2.71. The second-order valence-corrected chi connectivity index (χ2v) is 6.76. The number of carbonyl (C=O) groups is 2. The van der Waals surface area contributed by atoms with Gasteiger partial charge in [0, 0.05) is 7.05 Å². The second-order valence-electron chi connectivity index (χ2n) is 5.45. The number of benzene rings is 1. The lowest BCUT2D eigenvalue weighted by Gasteiger charge is -2.11. The van der Waals surface area contributed by atoms with Gasteiger partial charge in [-0.15, -0.1) is 5.10 Å². The van der Waals surface area contributed by atoms with Crippen molar-refractivity contribution in [2.24, 2.45) is 0 Å². The molecule has 2 aromatic rings. The summed E-state index contributed by atoms with van der Waals surface area (Å²) in [7, 11) is 1.45. The van der Waals surface area contributed by atoms with Gasteiger partial charge < -0.3 is 5.32 Å². The average Bonchev–Trinajstić information content (AvgIpc) is 3.02. The summed E-state index contributed by atoms with van der Waals surface area (Å²) in [5, 5.41) is 16.1. The summed E-state index contributed by atoms with van der Waals surface area (Å²) < 4.78 is 1.57. The lowest BCUT2D eigenvalue weighted by atomic mass is 10.0. The van der Waals surface area contributed by atoms with Crippen molar-refractivity contribution in [3.8, 4) is 5.69 Å². The van der Waals surface area contributed by atoms with Gasteiger partial charge in [0.05, 0.1) is 10.9 Å². The molecule has 9 heteroatoms. The van der Waals surface area contributed by atoms with Crippen LogP contribution in [0.3, 0.4) is 0 Å². The molecule has 2 N–H and O–H groups in total. The van der Waals surface area contributed by atoms with Crippen LogP contribution in [0.5, 0.6) is 0 Å². The van der Waals surface area contributed by atoms with E-state index < -0.39 is 17.2 Å². The zero-order chi connectivity index (χ0) is 17.7. The largest absolute Gasteiger partial charge is 0.341 e. The maximum Gasteiger partial charge on any atom is 0.321 e. The number of carbonyl (C=O) groups excluding carboxylic acids is 2. The number of urea groups is 1. The monoisotopic (exact) mass is 348 g/mol. The van der Waals surface area contributed by atoms with Gasteiger partial charge in [-0.1, -0.05) is 37.7 Å². The van der Waals surface area contributed by atoms with Crippen LogP contribution in [0.4, 0.5) is 4.79 Å². The molecule has 0 radical (unpaired) electrons. The molecule has 24 heavy (non-hydrogen) atoms. The van der Waals surface area contributed by atoms with Crippen molar-refractivity contribution in [2.45, 2.75) is 37.1 Å². The van der Waals surface area contributed by atoms with Crippen LogP contribution in [0.25, 0.3) is 5.69 Å². The Labute approximate surface area is 144 Å². The zero-order valence-corrected chi connectivity index (χ0v) is 14.8. The topological polar surface area (TPSA) is 102 Å². The number of aromatic nitrogens is 4. The third-order valence-corrected chi connectivity index (χ3v) is 4.39. The molecule has 1 heterocycles. The van der Waals surface area contributed by atoms with E-state index >= 15 is 0 Å². The van der Waals surface area contributed by atoms with Crippen molar-refractivity contribution in [3.05, 3.63) is 29.8 Å². The van der Waals surface area contributed by atoms with Gasteiger partial charge in [0.15, 0.2) is 0 Å². The smallest absolute Gasteiger partial charge is 0.321 e. The third-order valence-electron chi connectivity index (χ3n) is 3.36. The van der Waals surface area contributed by atoms with Crippen LogP contribution in [0, 0.1) is 0 Å². The van der Waals surface area contributed by atoms with Crippen LogP contribution in [0.2, 0.25) is 0 Å². The maximum atomic E-state index is 11.9. The number of hydrogen-bond acceptors (Lipinski definition) is 6. The van der Waals surface area contributed by atoms with Gasteiger partial charge in [-0.05, 0) is 41.0 Å². The summed E-state index contributed by atoms with van der Waals surface area (Å²) in [6.07, 6.45) is 0. The molecule has 128 valence electrons. The van der Waals surface area contributed by atoms with Gasteiger partial charge in [0.1, 0.15) is 0 Å². The van der Waals surface area contributed by atoms with E-state index in [0.29, 0.717) is 11.1 Å². The molecule has 1 aromatic heterocycles. The number of rotatable bonds is 5. The van der Waals surface area contributed by atoms with Crippen LogP contribution < -0.4 is 10.6 Å². The van der Waals surface area contributed by atoms with E-state index in [0.717, 1.165) is 5.69 Å². The van der Waals surface area contributed by atoms with Gasteiger partial charge in [-0.2, -0.15) is 4.68 Å². The highest BCUT2D eigenvalue weighted by atomic mass is 32.2. The third kappa shape index (κ3) is 4.31. The van der Waals surface area contributed by atoms with Crippen molar-refractivity contribution in [2.75, 3.05) is 7.05 Å². The Morgan fingerprint density at radius 1 is 1.17 bits per heavy atom. The Hall–Kier alpha value is -2.42. The number of tetrazole rings is 1. The summed E-state index contributed by atoms with van der Waals surface area (Å²) in [5.41, 5.74) is 2.03. The van der Waals surface area contributed by atoms with Crippen LogP contribution in [0.1, 0.15) is 32.3 Å². The van der Waals surface area contributed by atoms with E-state index in [9.17, 15) is 9.59 Å². The minimum absolute atomic E-state index is 0.413. The highest BCUT2D eigenvalue weighted by molar-refractivity contribution is 8.00. The molecule has 0 saturated carbocycles. The molecule has 0 aliphatic rings. The summed E-state index contributed by atoms with van der Waals surface area (Å²) in [4.78, 5) is 23.1. The number of thioether (sulfide) groups is 1. The van der Waals surface area contributed by atoms with Crippen molar-refractivity contribution < 1.29 is 9.59 Å². The fourth-order valence-electron chi connectivity index (χ4n) is 1.90. The maximum absolute atomic E-state index is 11.9. The summed E-state index contributed by atoms with van der Waals surface area (Å²) in [5.74, 6) is 0.0271. The molecule has 0 bridgehead atoms. The molecule has 2 rings (SSSR count). The van der Waals surface area contributed by atoms with E-state index in [-0.39, 0.29) is 0 Å². The molecule has 0 saturated heterocycles. The number of hydrogen-bond donors (Lipinski definition) is 2. The van der Waals surface area contributed by atoms with E-state index in [4.69, 9.17) is 0 Å². The zero-order valence-electron chi connectivity index (χ0n) is 14.0. The van der Waals surface area contributed by atoms with E-state index in [1.807, 2.05) is 24.3 Å². The summed E-state index contributed by atoms with van der Waals surface area (Å²) >= 11 is 1.18. The van der Waals surface area contributed by atoms with Gasteiger partial charge in [0.25, 0.3) is 0 Å². The van der Waals surface area contributed by atoms with Gasteiger partial charge in [-0.3, -0.25) is 10.1 Å². The number of amides is 3. The van der Waals surface area contributed by atoms with Crippen molar-refractivity contribution >= 4 is 23.7 Å². The Kier molecular flexibility index (Phi) is 5.91. The number of nitrogens with one attached hydrogen (secondary N) is 2. The van der Waals surface area contributed by atoms with Crippen LogP contribution in [0.15, 0.2) is 29.4 Å².